The molecule has 2 rings (SSSR count). The van der Waals surface area contributed by atoms with E-state index in [0.29, 0.717) is 13.2 Å². The first-order valence-electron chi connectivity index (χ1n) is 6.35. The molecule has 2 aliphatic heterocycles. The molecule has 2 unspecified atom stereocenters. The van der Waals surface area contributed by atoms with Gasteiger partial charge in [0, 0.05) is 12.6 Å². The highest BCUT2D eigenvalue weighted by Gasteiger charge is 2.38. The van der Waals surface area contributed by atoms with Gasteiger partial charge >= 0.3 is 0 Å². The van der Waals surface area contributed by atoms with E-state index in [1.54, 1.807) is 4.31 Å². The summed E-state index contributed by atoms with van der Waals surface area (Å²) < 4.78 is 32.2. The van der Waals surface area contributed by atoms with E-state index in [9.17, 15) is 8.42 Å². The lowest BCUT2D eigenvalue weighted by Crippen LogP contribution is -2.54. The Morgan fingerprint density at radius 1 is 1.24 bits per heavy atom. The van der Waals surface area contributed by atoms with Crippen LogP contribution in [0.15, 0.2) is 0 Å². The van der Waals surface area contributed by atoms with Crippen molar-refractivity contribution in [2.45, 2.75) is 44.1 Å². The van der Waals surface area contributed by atoms with Crippen molar-refractivity contribution in [2.24, 2.45) is 0 Å². The van der Waals surface area contributed by atoms with Gasteiger partial charge in [0.05, 0.1) is 18.0 Å². The average molecular weight is 262 g/mol. The fourth-order valence-corrected chi connectivity index (χ4v) is 4.71. The highest BCUT2D eigenvalue weighted by atomic mass is 32.2. The highest BCUT2D eigenvalue weighted by Crippen LogP contribution is 2.23. The Morgan fingerprint density at radius 2 is 1.88 bits per heavy atom. The van der Waals surface area contributed by atoms with E-state index in [4.69, 9.17) is 4.74 Å². The number of nitrogens with one attached hydrogen (secondary N) is 1. The number of morpholine rings is 1. The summed E-state index contributed by atoms with van der Waals surface area (Å²) in [4.78, 5) is 0. The number of hydrogen-bond donors (Lipinski definition) is 1. The third kappa shape index (κ3) is 2.81. The smallest absolute Gasteiger partial charge is 0.217 e. The second-order valence-corrected chi connectivity index (χ2v) is 7.22. The molecule has 2 saturated heterocycles. The molecule has 0 amide bonds. The number of piperidine rings is 1. The Hall–Kier alpha value is -0.170. The Labute approximate surface area is 104 Å². The zero-order valence-corrected chi connectivity index (χ0v) is 11.4. The average Bonchev–Trinajstić information content (AvgIpc) is 2.33. The number of nitrogens with zero attached hydrogens (tertiary/aromatic N) is 1. The van der Waals surface area contributed by atoms with Crippen LogP contribution in [0.2, 0.25) is 0 Å². The van der Waals surface area contributed by atoms with Crippen LogP contribution in [0.1, 0.15) is 26.7 Å². The van der Waals surface area contributed by atoms with E-state index in [-0.39, 0.29) is 17.4 Å². The predicted octanol–water partition coefficient (Wildman–Crippen LogP) is 0.177. The molecular weight excluding hydrogens is 240 g/mol. The molecule has 0 radical (unpaired) electrons. The maximum absolute atomic E-state index is 12.5. The molecule has 0 aromatic heterocycles. The number of sulfonamides is 1. The van der Waals surface area contributed by atoms with Crippen molar-refractivity contribution in [2.75, 3.05) is 26.2 Å². The van der Waals surface area contributed by atoms with Gasteiger partial charge in [-0.05, 0) is 39.8 Å². The summed E-state index contributed by atoms with van der Waals surface area (Å²) >= 11 is 0. The first-order valence-corrected chi connectivity index (χ1v) is 7.85. The molecule has 0 aromatic rings. The topological polar surface area (TPSA) is 58.6 Å². The van der Waals surface area contributed by atoms with Gasteiger partial charge in [-0.2, -0.15) is 4.31 Å². The summed E-state index contributed by atoms with van der Waals surface area (Å²) in [5.74, 6) is 0. The van der Waals surface area contributed by atoms with Crippen LogP contribution in [-0.2, 0) is 14.8 Å². The van der Waals surface area contributed by atoms with E-state index in [1.165, 1.54) is 0 Å². The summed E-state index contributed by atoms with van der Waals surface area (Å²) in [6, 6.07) is -0.0360. The Morgan fingerprint density at radius 3 is 2.53 bits per heavy atom. The van der Waals surface area contributed by atoms with Gasteiger partial charge in [-0.1, -0.05) is 0 Å². The SMILES string of the molecule is CC1CN(S(=O)(=O)C2CCNCC2)C(C)CO1. The van der Waals surface area contributed by atoms with E-state index >= 15 is 0 Å². The monoisotopic (exact) mass is 262 g/mol. The van der Waals surface area contributed by atoms with Gasteiger partial charge in [0.2, 0.25) is 10.0 Å². The van der Waals surface area contributed by atoms with E-state index in [1.807, 2.05) is 13.8 Å². The normalized spacial score (nSPS) is 33.8. The maximum Gasteiger partial charge on any atom is 0.217 e. The zero-order valence-electron chi connectivity index (χ0n) is 10.6. The third-order valence-corrected chi connectivity index (χ3v) is 6.06. The summed E-state index contributed by atoms with van der Waals surface area (Å²) in [5, 5.41) is 2.99. The van der Waals surface area contributed by atoms with Crippen molar-refractivity contribution < 1.29 is 13.2 Å². The van der Waals surface area contributed by atoms with Crippen molar-refractivity contribution in [1.82, 2.24) is 9.62 Å². The Bertz CT molecular complexity index is 352. The van der Waals surface area contributed by atoms with Crippen LogP contribution < -0.4 is 5.32 Å². The summed E-state index contributed by atoms with van der Waals surface area (Å²) in [6.07, 6.45) is 1.45. The lowest BCUT2D eigenvalue weighted by Gasteiger charge is -2.38. The molecule has 6 heteroatoms. The molecule has 0 aliphatic carbocycles. The number of ether oxygens (including phenoxy) is 1. The van der Waals surface area contributed by atoms with Crippen molar-refractivity contribution in [1.29, 1.82) is 0 Å². The molecule has 2 fully saturated rings. The van der Waals surface area contributed by atoms with Gasteiger partial charge in [-0.15, -0.1) is 0 Å². The Kier molecular flexibility index (Phi) is 4.07. The van der Waals surface area contributed by atoms with E-state index in [0.717, 1.165) is 25.9 Å². The molecule has 0 saturated carbocycles. The fraction of sp³-hybridized carbons (Fsp3) is 1.00. The first kappa shape index (κ1) is 13.3. The minimum absolute atomic E-state index is 0.00249. The molecule has 0 aromatic carbocycles. The largest absolute Gasteiger partial charge is 0.375 e. The standard InChI is InChI=1S/C11H22N2O3S/c1-9-8-16-10(2)7-13(9)17(14,15)11-3-5-12-6-4-11/h9-12H,3-8H2,1-2H3. The summed E-state index contributed by atoms with van der Waals surface area (Å²) in [7, 11) is -3.15. The minimum atomic E-state index is -3.15. The third-order valence-electron chi connectivity index (χ3n) is 3.58. The maximum atomic E-state index is 12.5. The van der Waals surface area contributed by atoms with E-state index < -0.39 is 10.0 Å². The highest BCUT2D eigenvalue weighted by molar-refractivity contribution is 7.89. The van der Waals surface area contributed by atoms with Gasteiger partial charge in [0.15, 0.2) is 0 Å². The van der Waals surface area contributed by atoms with Crippen LogP contribution >= 0.6 is 0 Å². The van der Waals surface area contributed by atoms with Gasteiger partial charge < -0.3 is 10.1 Å². The lowest BCUT2D eigenvalue weighted by atomic mass is 10.2. The van der Waals surface area contributed by atoms with Gasteiger partial charge in [0.1, 0.15) is 0 Å². The van der Waals surface area contributed by atoms with Crippen molar-refractivity contribution >= 4 is 10.0 Å². The van der Waals surface area contributed by atoms with Crippen LogP contribution in [0.4, 0.5) is 0 Å². The quantitative estimate of drug-likeness (QED) is 0.771. The van der Waals surface area contributed by atoms with Crippen LogP contribution in [0.25, 0.3) is 0 Å². The molecular formula is C11H22N2O3S. The van der Waals surface area contributed by atoms with Crippen LogP contribution in [0, 0.1) is 0 Å². The molecule has 1 N–H and O–H groups in total. The van der Waals surface area contributed by atoms with Crippen LogP contribution in [0.5, 0.6) is 0 Å². The first-order chi connectivity index (χ1) is 8.01. The summed E-state index contributed by atoms with van der Waals surface area (Å²) in [5.41, 5.74) is 0. The molecule has 100 valence electrons. The second kappa shape index (κ2) is 5.22. The minimum Gasteiger partial charge on any atom is -0.375 e. The molecule has 0 spiro atoms. The van der Waals surface area contributed by atoms with Crippen molar-refractivity contribution in [3.05, 3.63) is 0 Å². The molecule has 17 heavy (non-hydrogen) atoms. The van der Waals surface area contributed by atoms with Crippen molar-refractivity contribution in [3.63, 3.8) is 0 Å². The molecule has 2 aliphatic rings. The molecule has 5 nitrogen and oxygen atoms in total. The predicted molar refractivity (Wildman–Crippen MR) is 66.4 cm³/mol. The zero-order chi connectivity index (χ0) is 12.5. The number of rotatable bonds is 2. The lowest BCUT2D eigenvalue weighted by molar-refractivity contribution is -0.0174. The van der Waals surface area contributed by atoms with Gasteiger partial charge in [-0.3, -0.25) is 0 Å². The number of hydrogen-bond acceptors (Lipinski definition) is 4. The second-order valence-electron chi connectivity index (χ2n) is 5.06. The van der Waals surface area contributed by atoms with Crippen LogP contribution in [-0.4, -0.2) is 56.4 Å². The summed E-state index contributed by atoms with van der Waals surface area (Å²) in [6.45, 7) is 6.45. The van der Waals surface area contributed by atoms with Crippen LogP contribution in [0.3, 0.4) is 0 Å². The Balaban J connectivity index is 2.12. The van der Waals surface area contributed by atoms with E-state index in [2.05, 4.69) is 5.32 Å². The molecule has 2 atom stereocenters. The molecule has 2 heterocycles. The van der Waals surface area contributed by atoms with Crippen molar-refractivity contribution in [3.8, 4) is 0 Å². The molecule has 0 bridgehead atoms. The fourth-order valence-electron chi connectivity index (χ4n) is 2.51. The van der Waals surface area contributed by atoms with Gasteiger partial charge in [-0.25, -0.2) is 8.42 Å². The van der Waals surface area contributed by atoms with Gasteiger partial charge in [0.25, 0.3) is 0 Å².